The van der Waals surface area contributed by atoms with Gasteiger partial charge in [-0.1, -0.05) is 35.0 Å². The van der Waals surface area contributed by atoms with E-state index in [2.05, 4.69) is 53.1 Å². The largest absolute Gasteiger partial charge is 0.361 e. The smallest absolute Gasteiger partial charge is 0.138 e. The van der Waals surface area contributed by atoms with Gasteiger partial charge in [0.25, 0.3) is 0 Å². The Morgan fingerprint density at radius 1 is 0.962 bits per heavy atom. The summed E-state index contributed by atoms with van der Waals surface area (Å²) in [6.45, 7) is 13.2. The van der Waals surface area contributed by atoms with Crippen LogP contribution in [0.25, 0.3) is 0 Å². The van der Waals surface area contributed by atoms with Crippen molar-refractivity contribution in [1.29, 1.82) is 0 Å². The second-order valence-corrected chi connectivity index (χ2v) is 8.56. The lowest BCUT2D eigenvalue weighted by atomic mass is 9.79. The summed E-state index contributed by atoms with van der Waals surface area (Å²) in [5.74, 6) is 0.981. The van der Waals surface area contributed by atoms with Crippen molar-refractivity contribution in [2.24, 2.45) is 5.41 Å². The maximum atomic E-state index is 5.36. The first-order valence-corrected chi connectivity index (χ1v) is 9.95. The lowest BCUT2D eigenvalue weighted by Gasteiger charge is -2.40. The molecule has 0 aliphatic carbocycles. The highest BCUT2D eigenvalue weighted by atomic mass is 16.5. The third kappa shape index (κ3) is 3.72. The van der Waals surface area contributed by atoms with Gasteiger partial charge in [0, 0.05) is 31.7 Å². The average molecular weight is 354 g/mol. The SMILES string of the molecule is Cc1ccc(CN2CC[C@@]3(CCCN(Cc4c(C)noc4C)C3)C2)cc1. The van der Waals surface area contributed by atoms with Gasteiger partial charge < -0.3 is 4.52 Å². The summed E-state index contributed by atoms with van der Waals surface area (Å²) in [6.07, 6.45) is 4.01. The predicted molar refractivity (Wildman–Crippen MR) is 104 cm³/mol. The summed E-state index contributed by atoms with van der Waals surface area (Å²) >= 11 is 0. The molecule has 0 N–H and O–H groups in total. The highest BCUT2D eigenvalue weighted by molar-refractivity contribution is 5.22. The third-order valence-electron chi connectivity index (χ3n) is 6.35. The molecule has 0 unspecified atom stereocenters. The molecule has 1 aromatic carbocycles. The molecule has 1 aromatic heterocycles. The Hall–Kier alpha value is -1.65. The molecule has 2 aliphatic heterocycles. The molecular weight excluding hydrogens is 322 g/mol. The average Bonchev–Trinajstić information content (AvgIpc) is 3.15. The van der Waals surface area contributed by atoms with Crippen molar-refractivity contribution in [3.8, 4) is 0 Å². The summed E-state index contributed by atoms with van der Waals surface area (Å²) in [4.78, 5) is 5.29. The van der Waals surface area contributed by atoms with Crippen molar-refractivity contribution in [3.05, 3.63) is 52.4 Å². The van der Waals surface area contributed by atoms with Crippen LogP contribution in [0.2, 0.25) is 0 Å². The van der Waals surface area contributed by atoms with Crippen LogP contribution in [0.4, 0.5) is 0 Å². The fraction of sp³-hybridized carbons (Fsp3) is 0.591. The molecule has 26 heavy (non-hydrogen) atoms. The Morgan fingerprint density at radius 3 is 2.38 bits per heavy atom. The van der Waals surface area contributed by atoms with Gasteiger partial charge >= 0.3 is 0 Å². The Balaban J connectivity index is 1.38. The molecule has 1 atom stereocenters. The van der Waals surface area contributed by atoms with Gasteiger partial charge in [-0.25, -0.2) is 0 Å². The van der Waals surface area contributed by atoms with Crippen molar-refractivity contribution < 1.29 is 4.52 Å². The molecule has 1 spiro atoms. The zero-order valence-electron chi connectivity index (χ0n) is 16.4. The molecule has 0 saturated carbocycles. The third-order valence-corrected chi connectivity index (χ3v) is 6.35. The highest BCUT2D eigenvalue weighted by Crippen LogP contribution is 2.40. The van der Waals surface area contributed by atoms with Crippen molar-refractivity contribution in [2.45, 2.75) is 53.1 Å². The van der Waals surface area contributed by atoms with Crippen LogP contribution in [0, 0.1) is 26.2 Å². The van der Waals surface area contributed by atoms with E-state index in [9.17, 15) is 0 Å². The zero-order chi connectivity index (χ0) is 18.1. The zero-order valence-corrected chi connectivity index (χ0v) is 16.4. The number of benzene rings is 1. The van der Waals surface area contributed by atoms with Gasteiger partial charge in [0.1, 0.15) is 5.76 Å². The molecule has 4 rings (SSSR count). The Morgan fingerprint density at radius 2 is 1.69 bits per heavy atom. The maximum absolute atomic E-state index is 5.36. The number of nitrogens with zero attached hydrogens (tertiary/aromatic N) is 3. The highest BCUT2D eigenvalue weighted by Gasteiger charge is 2.41. The molecule has 0 radical (unpaired) electrons. The molecule has 0 bridgehead atoms. The number of piperidine rings is 1. The number of hydrogen-bond donors (Lipinski definition) is 0. The van der Waals surface area contributed by atoms with E-state index in [1.165, 1.54) is 62.1 Å². The fourth-order valence-corrected chi connectivity index (χ4v) is 4.84. The van der Waals surface area contributed by atoms with E-state index in [0.29, 0.717) is 5.41 Å². The topological polar surface area (TPSA) is 32.5 Å². The minimum atomic E-state index is 0.474. The summed E-state index contributed by atoms with van der Waals surface area (Å²) in [5.41, 5.74) is 5.60. The quantitative estimate of drug-likeness (QED) is 0.829. The molecule has 2 fully saturated rings. The van der Waals surface area contributed by atoms with E-state index < -0.39 is 0 Å². The summed E-state index contributed by atoms with van der Waals surface area (Å²) < 4.78 is 5.36. The molecule has 2 aliphatic rings. The van der Waals surface area contributed by atoms with Crippen LogP contribution in [0.3, 0.4) is 0 Å². The van der Waals surface area contributed by atoms with Gasteiger partial charge in [-0.2, -0.15) is 0 Å². The van der Waals surface area contributed by atoms with Gasteiger partial charge in [-0.15, -0.1) is 0 Å². The lowest BCUT2D eigenvalue weighted by Crippen LogP contribution is -2.44. The Labute approximate surface area is 157 Å². The molecule has 4 heteroatoms. The molecule has 3 heterocycles. The predicted octanol–water partition coefficient (Wildman–Crippen LogP) is 4.09. The van der Waals surface area contributed by atoms with Crippen molar-refractivity contribution in [1.82, 2.24) is 15.0 Å². The van der Waals surface area contributed by atoms with Crippen LogP contribution in [0.1, 0.15) is 47.4 Å². The number of rotatable bonds is 4. The second kappa shape index (κ2) is 7.16. The number of hydrogen-bond acceptors (Lipinski definition) is 4. The first kappa shape index (κ1) is 17.7. The molecule has 4 nitrogen and oxygen atoms in total. The van der Waals surface area contributed by atoms with Gasteiger partial charge in [0.2, 0.25) is 0 Å². The Bertz CT molecular complexity index is 732. The van der Waals surface area contributed by atoms with Crippen LogP contribution in [0.5, 0.6) is 0 Å². The summed E-state index contributed by atoms with van der Waals surface area (Å²) in [5, 5.41) is 4.13. The first-order chi connectivity index (χ1) is 12.5. The molecule has 140 valence electrons. The van der Waals surface area contributed by atoms with E-state index >= 15 is 0 Å². The monoisotopic (exact) mass is 353 g/mol. The minimum Gasteiger partial charge on any atom is -0.361 e. The number of aryl methyl sites for hydroxylation is 3. The van der Waals surface area contributed by atoms with Crippen molar-refractivity contribution >= 4 is 0 Å². The minimum absolute atomic E-state index is 0.474. The normalized spacial score (nSPS) is 24.6. The maximum Gasteiger partial charge on any atom is 0.138 e. The Kier molecular flexibility index (Phi) is 4.89. The van der Waals surface area contributed by atoms with Gasteiger partial charge in [0.05, 0.1) is 5.69 Å². The van der Waals surface area contributed by atoms with Crippen LogP contribution in [-0.2, 0) is 13.1 Å². The molecule has 0 amide bonds. The first-order valence-electron chi connectivity index (χ1n) is 9.95. The van der Waals surface area contributed by atoms with Crippen molar-refractivity contribution in [3.63, 3.8) is 0 Å². The summed E-state index contributed by atoms with van der Waals surface area (Å²) in [7, 11) is 0. The van der Waals surface area contributed by atoms with E-state index in [4.69, 9.17) is 4.52 Å². The molecule has 2 saturated heterocycles. The van der Waals surface area contributed by atoms with Gasteiger partial charge in [-0.05, 0) is 64.1 Å². The van der Waals surface area contributed by atoms with Gasteiger partial charge in [-0.3, -0.25) is 9.80 Å². The van der Waals surface area contributed by atoms with E-state index in [1.807, 2.05) is 6.92 Å². The van der Waals surface area contributed by atoms with Crippen LogP contribution in [0.15, 0.2) is 28.8 Å². The van der Waals surface area contributed by atoms with Crippen LogP contribution in [-0.4, -0.2) is 41.1 Å². The molecular formula is C22H31N3O. The second-order valence-electron chi connectivity index (χ2n) is 8.56. The number of aromatic nitrogens is 1. The fourth-order valence-electron chi connectivity index (χ4n) is 4.84. The van der Waals surface area contributed by atoms with Crippen LogP contribution < -0.4 is 0 Å². The van der Waals surface area contributed by atoms with Gasteiger partial charge in [0.15, 0.2) is 0 Å². The molecule has 2 aromatic rings. The van der Waals surface area contributed by atoms with Crippen LogP contribution >= 0.6 is 0 Å². The number of likely N-dealkylation sites (tertiary alicyclic amines) is 2. The summed E-state index contributed by atoms with van der Waals surface area (Å²) in [6, 6.07) is 9.02. The van der Waals surface area contributed by atoms with E-state index in [0.717, 1.165) is 24.5 Å². The lowest BCUT2D eigenvalue weighted by molar-refractivity contribution is 0.0861. The van der Waals surface area contributed by atoms with E-state index in [1.54, 1.807) is 0 Å². The van der Waals surface area contributed by atoms with E-state index in [-0.39, 0.29) is 0 Å². The van der Waals surface area contributed by atoms with Crippen molar-refractivity contribution in [2.75, 3.05) is 26.2 Å². The standard InChI is InChI=1S/C22H31N3O/c1-17-5-7-20(8-6-17)13-25-12-10-22(16-25)9-4-11-24(15-22)14-21-18(2)23-26-19(21)3/h5-8H,4,9-16H2,1-3H3/t22-/m1/s1.